The van der Waals surface area contributed by atoms with Crippen molar-refractivity contribution in [3.05, 3.63) is 81.2 Å². The van der Waals surface area contributed by atoms with Crippen molar-refractivity contribution in [2.24, 2.45) is 10.7 Å². The summed E-state index contributed by atoms with van der Waals surface area (Å²) in [5, 5.41) is 35.6. The van der Waals surface area contributed by atoms with E-state index in [1.165, 1.54) is 5.56 Å². The monoisotopic (exact) mass is 625 g/mol. The van der Waals surface area contributed by atoms with Gasteiger partial charge in [0.1, 0.15) is 36.7 Å². The van der Waals surface area contributed by atoms with Crippen molar-refractivity contribution < 1.29 is 29.8 Å². The first-order chi connectivity index (χ1) is 22.3. The number of carbonyl (C=O) groups is 1. The molecular weight excluding hydrogens is 580 g/mol. The lowest BCUT2D eigenvalue weighted by atomic mass is 9.85. The van der Waals surface area contributed by atoms with Crippen LogP contribution in [0.1, 0.15) is 92.0 Å². The molecule has 242 valence electrons. The quantitative estimate of drug-likeness (QED) is 0.167. The van der Waals surface area contributed by atoms with Crippen molar-refractivity contribution in [1.29, 1.82) is 0 Å². The third-order valence-corrected chi connectivity index (χ3v) is 9.53. The molecule has 5 unspecified atom stereocenters. The van der Waals surface area contributed by atoms with Gasteiger partial charge >= 0.3 is 0 Å². The van der Waals surface area contributed by atoms with E-state index in [2.05, 4.69) is 30.3 Å². The summed E-state index contributed by atoms with van der Waals surface area (Å²) in [5.41, 5.74) is 14.6. The molecule has 4 aliphatic rings. The lowest BCUT2D eigenvalue weighted by molar-refractivity contribution is -0.885. The van der Waals surface area contributed by atoms with Gasteiger partial charge in [0.05, 0.1) is 12.3 Å². The minimum Gasteiger partial charge on any atom is -0.504 e. The van der Waals surface area contributed by atoms with Crippen molar-refractivity contribution in [1.82, 2.24) is 5.32 Å². The predicted octanol–water partition coefficient (Wildman–Crippen LogP) is 2.84. The second kappa shape index (κ2) is 14.3. The molecule has 7 N–H and O–H groups in total. The zero-order valence-corrected chi connectivity index (χ0v) is 26.5. The van der Waals surface area contributed by atoms with E-state index in [4.69, 9.17) is 15.5 Å². The number of hydrogen-bond donors (Lipinski definition) is 6. The maximum Gasteiger partial charge on any atom is 0.247 e. The largest absolute Gasteiger partial charge is 0.504 e. The highest BCUT2D eigenvalue weighted by atomic mass is 16.5. The Labute approximate surface area is 270 Å². The Morgan fingerprint density at radius 3 is 2.91 bits per heavy atom. The number of rotatable bonds is 11. The SMILES string of the molecule is CCCCCC(O)CC(=O)CCc1ccc(O)c(OC2CC#CC(O)c3ccc4c(c3CC3=C5C[NH+]2C=C5N=C3)CCNC4N)c1. The molecule has 0 aromatic heterocycles. The lowest BCUT2D eigenvalue weighted by Gasteiger charge is -2.28. The van der Waals surface area contributed by atoms with Crippen LogP contribution in [0.25, 0.3) is 0 Å². The van der Waals surface area contributed by atoms with E-state index in [1.54, 1.807) is 18.2 Å². The number of ether oxygens (including phenoxy) is 1. The van der Waals surface area contributed by atoms with Crippen LogP contribution in [0.3, 0.4) is 0 Å². The predicted molar refractivity (Wildman–Crippen MR) is 176 cm³/mol. The molecule has 0 fully saturated rings. The number of hydrogen-bond acceptors (Lipinski definition) is 8. The van der Waals surface area contributed by atoms with Crippen LogP contribution in [-0.4, -0.2) is 52.7 Å². The molecule has 4 heterocycles. The van der Waals surface area contributed by atoms with Gasteiger partial charge in [-0.25, -0.2) is 0 Å². The van der Waals surface area contributed by atoms with E-state index in [9.17, 15) is 20.1 Å². The fourth-order valence-electron chi connectivity index (χ4n) is 6.94. The topological polar surface area (TPSA) is 142 Å². The molecule has 0 amide bonds. The van der Waals surface area contributed by atoms with Crippen LogP contribution in [0, 0.1) is 11.8 Å². The van der Waals surface area contributed by atoms with Gasteiger partial charge in [0.25, 0.3) is 0 Å². The summed E-state index contributed by atoms with van der Waals surface area (Å²) in [4.78, 5) is 18.3. The van der Waals surface area contributed by atoms with Gasteiger partial charge in [0.15, 0.2) is 11.5 Å². The Bertz CT molecular complexity index is 1630. The van der Waals surface area contributed by atoms with Crippen molar-refractivity contribution in [2.45, 2.75) is 95.7 Å². The summed E-state index contributed by atoms with van der Waals surface area (Å²) in [7, 11) is 0. The van der Waals surface area contributed by atoms with Crippen LogP contribution in [0.15, 0.2) is 58.4 Å². The number of carbonyl (C=O) groups excluding carboxylic acids is 1. The highest BCUT2D eigenvalue weighted by Gasteiger charge is 2.36. The molecule has 6 rings (SSSR count). The van der Waals surface area contributed by atoms with Crippen LogP contribution in [0.4, 0.5) is 0 Å². The number of aryl methyl sites for hydroxylation is 1. The zero-order chi connectivity index (χ0) is 32.2. The van der Waals surface area contributed by atoms with E-state index >= 15 is 0 Å². The average Bonchev–Trinajstić information content (AvgIpc) is 3.62. The third-order valence-electron chi connectivity index (χ3n) is 9.53. The Hall–Kier alpha value is -3.78. The van der Waals surface area contributed by atoms with Crippen LogP contribution >= 0.6 is 0 Å². The Morgan fingerprint density at radius 1 is 1.22 bits per heavy atom. The minimum absolute atomic E-state index is 0.0105. The fraction of sp³-hybridized carbons (Fsp3) is 0.459. The van der Waals surface area contributed by atoms with Gasteiger partial charge in [-0.1, -0.05) is 56.2 Å². The van der Waals surface area contributed by atoms with Gasteiger partial charge in [-0.05, 0) is 64.8 Å². The molecule has 46 heavy (non-hydrogen) atoms. The number of phenols is 1. The number of phenolic OH excluding ortho intramolecular Hbond substituents is 1. The molecule has 4 aliphatic heterocycles. The number of nitrogens with two attached hydrogens (primary N) is 1. The van der Waals surface area contributed by atoms with E-state index < -0.39 is 18.4 Å². The molecule has 0 aliphatic carbocycles. The number of aliphatic hydroxyl groups is 2. The number of Topliss-reactive ketones (excluding diaryl/α,β-unsaturated/α-hetero) is 1. The van der Waals surface area contributed by atoms with Crippen molar-refractivity contribution in [3.8, 4) is 23.3 Å². The highest BCUT2D eigenvalue weighted by molar-refractivity contribution is 5.87. The standard InChI is InChI=1S/C37H44N4O5/c1-2-3-4-6-25(42)19-26(43)11-9-23-10-14-34(45)35(17-23)46-36-8-5-7-33(44)28-12-13-29-27(15-16-39-37(29)38)30(28)18-24-20-40-32-22-41(36)21-31(24)32/h10,12-14,17,20,22,25,33,36-37,39,42,44-45H,2-4,6,8-9,11,15-16,18-19,21,38H2,1H3/p+1. The van der Waals surface area contributed by atoms with E-state index in [0.717, 1.165) is 76.2 Å². The van der Waals surface area contributed by atoms with E-state index in [0.29, 0.717) is 44.4 Å². The summed E-state index contributed by atoms with van der Waals surface area (Å²) < 4.78 is 6.45. The first kappa shape index (κ1) is 32.2. The third kappa shape index (κ3) is 7.12. The molecule has 2 aromatic carbocycles. The number of aliphatic hydroxyl groups excluding tert-OH is 2. The first-order valence-electron chi connectivity index (χ1n) is 16.6. The van der Waals surface area contributed by atoms with Gasteiger partial charge in [0.2, 0.25) is 6.23 Å². The molecule has 5 atom stereocenters. The lowest BCUT2D eigenvalue weighted by Crippen LogP contribution is -3.11. The van der Waals surface area contributed by atoms with Crippen molar-refractivity contribution >= 4 is 12.0 Å². The number of aromatic hydroxyl groups is 1. The summed E-state index contributed by atoms with van der Waals surface area (Å²) >= 11 is 0. The summed E-state index contributed by atoms with van der Waals surface area (Å²) in [6.45, 7) is 3.56. The normalized spacial score (nSPS) is 23.8. The Morgan fingerprint density at radius 2 is 2.07 bits per heavy atom. The Kier molecular flexibility index (Phi) is 10.0. The number of unbranched alkanes of at least 4 members (excludes halogenated alkanes) is 2. The second-order valence-electron chi connectivity index (χ2n) is 12.8. The molecule has 9 heteroatoms. The van der Waals surface area contributed by atoms with Gasteiger partial charge in [-0.3, -0.25) is 20.0 Å². The average molecular weight is 626 g/mol. The maximum absolute atomic E-state index is 12.5. The number of ketones is 1. The number of nitrogens with one attached hydrogen (secondary N) is 2. The van der Waals surface area contributed by atoms with Gasteiger partial charge in [-0.2, -0.15) is 0 Å². The van der Waals surface area contributed by atoms with Crippen LogP contribution in [0.2, 0.25) is 0 Å². The fourth-order valence-corrected chi connectivity index (χ4v) is 6.94. The first-order valence-corrected chi connectivity index (χ1v) is 16.6. The maximum atomic E-state index is 12.5. The molecule has 2 aromatic rings. The molecule has 0 spiro atoms. The number of nitrogens with zero attached hydrogens (tertiary/aromatic N) is 1. The summed E-state index contributed by atoms with van der Waals surface area (Å²) in [6, 6.07) is 9.12. The second-order valence-corrected chi connectivity index (χ2v) is 12.8. The molecule has 9 nitrogen and oxygen atoms in total. The molecule has 0 radical (unpaired) electrons. The van der Waals surface area contributed by atoms with Gasteiger partial charge in [-0.15, -0.1) is 0 Å². The minimum atomic E-state index is -0.968. The number of benzene rings is 2. The van der Waals surface area contributed by atoms with Crippen LogP contribution in [-0.2, 0) is 24.1 Å². The zero-order valence-electron chi connectivity index (χ0n) is 26.5. The van der Waals surface area contributed by atoms with E-state index in [-0.39, 0.29) is 24.1 Å². The van der Waals surface area contributed by atoms with Gasteiger partial charge < -0.3 is 25.8 Å². The van der Waals surface area contributed by atoms with Crippen LogP contribution in [0.5, 0.6) is 11.5 Å². The highest BCUT2D eigenvalue weighted by Crippen LogP contribution is 2.34. The van der Waals surface area contributed by atoms with E-state index in [1.807, 2.05) is 18.3 Å². The number of allylic oxidation sites excluding steroid dienone is 1. The van der Waals surface area contributed by atoms with Crippen molar-refractivity contribution in [3.63, 3.8) is 0 Å². The van der Waals surface area contributed by atoms with Crippen molar-refractivity contribution in [2.75, 3.05) is 13.1 Å². The summed E-state index contributed by atoms with van der Waals surface area (Å²) in [6.07, 6.45) is 8.20. The number of aliphatic imine (C=N–C) groups is 1. The molecule has 2 bridgehead atoms. The molecule has 0 saturated carbocycles. The number of quaternary nitrogens is 1. The number of fused-ring (bicyclic) bond motifs is 4. The van der Waals surface area contributed by atoms with Gasteiger partial charge in [0, 0.05) is 37.6 Å². The molecule has 0 saturated heterocycles. The molecular formula is C37H45N4O5+. The smallest absolute Gasteiger partial charge is 0.247 e. The van der Waals surface area contributed by atoms with Crippen LogP contribution < -0.4 is 20.7 Å². The summed E-state index contributed by atoms with van der Waals surface area (Å²) in [5.74, 6) is 6.59. The Balaban J connectivity index is 1.21.